The average molecular weight is 276 g/mol. The van der Waals surface area contributed by atoms with Crippen molar-refractivity contribution in [2.45, 2.75) is 32.2 Å². The van der Waals surface area contributed by atoms with Crippen molar-refractivity contribution in [1.29, 1.82) is 0 Å². The Morgan fingerprint density at radius 1 is 1.35 bits per heavy atom. The first-order valence-electron chi connectivity index (χ1n) is 7.83. The third-order valence-corrected chi connectivity index (χ3v) is 4.23. The molecule has 0 radical (unpaired) electrons. The summed E-state index contributed by atoms with van der Waals surface area (Å²) in [5, 5.41) is 3.37. The number of hydrogen-bond acceptors (Lipinski definition) is 3. The van der Waals surface area contributed by atoms with E-state index in [4.69, 9.17) is 4.74 Å². The van der Waals surface area contributed by atoms with Gasteiger partial charge in [-0.3, -0.25) is 4.90 Å². The van der Waals surface area contributed by atoms with Crippen LogP contribution >= 0.6 is 0 Å². The molecular formula is C17H28N2O. The van der Waals surface area contributed by atoms with Gasteiger partial charge in [-0.15, -0.1) is 0 Å². The van der Waals surface area contributed by atoms with Crippen molar-refractivity contribution in [3.05, 3.63) is 29.8 Å². The largest absolute Gasteiger partial charge is 0.494 e. The van der Waals surface area contributed by atoms with Gasteiger partial charge in [0.2, 0.25) is 0 Å². The zero-order chi connectivity index (χ0) is 14.4. The first-order chi connectivity index (χ1) is 9.76. The van der Waals surface area contributed by atoms with Gasteiger partial charge in [-0.2, -0.15) is 0 Å². The van der Waals surface area contributed by atoms with Crippen molar-refractivity contribution in [3.8, 4) is 5.75 Å². The molecule has 2 atom stereocenters. The van der Waals surface area contributed by atoms with Crippen molar-refractivity contribution < 1.29 is 4.74 Å². The molecule has 1 N–H and O–H groups in total. The molecule has 0 bridgehead atoms. The first-order valence-corrected chi connectivity index (χ1v) is 7.83. The van der Waals surface area contributed by atoms with E-state index in [-0.39, 0.29) is 0 Å². The van der Waals surface area contributed by atoms with Crippen LogP contribution in [0.5, 0.6) is 5.75 Å². The highest BCUT2D eigenvalue weighted by molar-refractivity contribution is 5.31. The van der Waals surface area contributed by atoms with Crippen LogP contribution in [0.15, 0.2) is 24.3 Å². The minimum absolute atomic E-state index is 0.491. The molecule has 1 aromatic carbocycles. The summed E-state index contributed by atoms with van der Waals surface area (Å²) in [4.78, 5) is 2.51. The molecule has 20 heavy (non-hydrogen) atoms. The van der Waals surface area contributed by atoms with Gasteiger partial charge in [0.05, 0.1) is 6.61 Å². The lowest BCUT2D eigenvalue weighted by Gasteiger charge is -2.33. The van der Waals surface area contributed by atoms with Gasteiger partial charge in [0.25, 0.3) is 0 Å². The molecule has 1 heterocycles. The maximum Gasteiger partial charge on any atom is 0.119 e. The van der Waals surface area contributed by atoms with Crippen LogP contribution in [0.4, 0.5) is 0 Å². The summed E-state index contributed by atoms with van der Waals surface area (Å²) in [6.07, 6.45) is 3.94. The van der Waals surface area contributed by atoms with E-state index in [9.17, 15) is 0 Å². The van der Waals surface area contributed by atoms with Crippen molar-refractivity contribution in [2.75, 3.05) is 33.8 Å². The molecule has 1 aromatic rings. The van der Waals surface area contributed by atoms with Crippen molar-refractivity contribution in [1.82, 2.24) is 10.2 Å². The number of nitrogens with one attached hydrogen (secondary N) is 1. The molecule has 3 heteroatoms. The third-order valence-electron chi connectivity index (χ3n) is 4.23. The van der Waals surface area contributed by atoms with Gasteiger partial charge < -0.3 is 10.1 Å². The van der Waals surface area contributed by atoms with E-state index in [0.717, 1.165) is 18.9 Å². The predicted molar refractivity (Wildman–Crippen MR) is 84.2 cm³/mol. The summed E-state index contributed by atoms with van der Waals surface area (Å²) < 4.78 is 5.66. The van der Waals surface area contributed by atoms with Gasteiger partial charge in [0, 0.05) is 6.04 Å². The summed E-state index contributed by atoms with van der Waals surface area (Å²) in [7, 11) is 4.31. The highest BCUT2D eigenvalue weighted by Crippen LogP contribution is 2.35. The molecule has 0 spiro atoms. The van der Waals surface area contributed by atoms with Crippen molar-refractivity contribution in [3.63, 3.8) is 0 Å². The van der Waals surface area contributed by atoms with E-state index >= 15 is 0 Å². The fourth-order valence-corrected chi connectivity index (χ4v) is 3.38. The molecule has 3 nitrogen and oxygen atoms in total. The van der Waals surface area contributed by atoms with Crippen LogP contribution < -0.4 is 10.1 Å². The van der Waals surface area contributed by atoms with E-state index < -0.39 is 0 Å². The van der Waals surface area contributed by atoms with Gasteiger partial charge in [0.15, 0.2) is 0 Å². The molecule has 1 fully saturated rings. The predicted octanol–water partition coefficient (Wildman–Crippen LogP) is 3.08. The normalized spacial score (nSPS) is 24.4. The summed E-state index contributed by atoms with van der Waals surface area (Å²) in [5.74, 6) is 1.66. The molecule has 0 amide bonds. The Bertz CT molecular complexity index is 408. The average Bonchev–Trinajstić information content (AvgIpc) is 2.62. The Kier molecular flexibility index (Phi) is 5.86. The summed E-state index contributed by atoms with van der Waals surface area (Å²) in [6, 6.07) is 9.13. The second-order valence-corrected chi connectivity index (χ2v) is 5.74. The van der Waals surface area contributed by atoms with Crippen LogP contribution in [0.1, 0.15) is 37.8 Å². The fourth-order valence-electron chi connectivity index (χ4n) is 3.38. The van der Waals surface area contributed by atoms with Gasteiger partial charge in [0.1, 0.15) is 5.75 Å². The molecule has 1 aliphatic rings. The quantitative estimate of drug-likeness (QED) is 0.894. The van der Waals surface area contributed by atoms with E-state index in [0.29, 0.717) is 12.0 Å². The van der Waals surface area contributed by atoms with E-state index in [1.807, 2.05) is 6.92 Å². The highest BCUT2D eigenvalue weighted by Gasteiger charge is 2.28. The molecule has 0 saturated carbocycles. The van der Waals surface area contributed by atoms with Crippen LogP contribution in [0.2, 0.25) is 0 Å². The van der Waals surface area contributed by atoms with Crippen LogP contribution in [0.25, 0.3) is 0 Å². The van der Waals surface area contributed by atoms with Crippen LogP contribution in [-0.2, 0) is 0 Å². The third kappa shape index (κ3) is 3.74. The molecule has 0 aromatic heterocycles. The lowest BCUT2D eigenvalue weighted by molar-refractivity contribution is 0.190. The standard InChI is InChI=1S/C17H28N2O/c1-4-20-16-10-7-9-14(12-16)17-15(13-18-2)8-5-6-11-19(17)3/h7,9-10,12,15,17-18H,4-6,8,11,13H2,1-3H3. The number of likely N-dealkylation sites (tertiary alicyclic amines) is 1. The van der Waals surface area contributed by atoms with E-state index in [2.05, 4.69) is 48.6 Å². The summed E-state index contributed by atoms with van der Waals surface area (Å²) in [6.45, 7) is 5.02. The Balaban J connectivity index is 2.26. The summed E-state index contributed by atoms with van der Waals surface area (Å²) >= 11 is 0. The second-order valence-electron chi connectivity index (χ2n) is 5.74. The highest BCUT2D eigenvalue weighted by atomic mass is 16.5. The smallest absolute Gasteiger partial charge is 0.119 e. The number of rotatable bonds is 5. The zero-order valence-electron chi connectivity index (χ0n) is 13.1. The van der Waals surface area contributed by atoms with Gasteiger partial charge in [-0.25, -0.2) is 0 Å². The first kappa shape index (κ1) is 15.3. The van der Waals surface area contributed by atoms with Crippen molar-refractivity contribution in [2.24, 2.45) is 5.92 Å². The molecule has 1 aliphatic heterocycles. The second kappa shape index (κ2) is 7.65. The fraction of sp³-hybridized carbons (Fsp3) is 0.647. The minimum atomic E-state index is 0.491. The van der Waals surface area contributed by atoms with Crippen molar-refractivity contribution >= 4 is 0 Å². The monoisotopic (exact) mass is 276 g/mol. The lowest BCUT2D eigenvalue weighted by Crippen LogP contribution is -2.33. The van der Waals surface area contributed by atoms with Crippen LogP contribution in [0, 0.1) is 5.92 Å². The number of hydrogen-bond donors (Lipinski definition) is 1. The Labute approximate surface area is 123 Å². The number of ether oxygens (including phenoxy) is 1. The summed E-state index contributed by atoms with van der Waals surface area (Å²) in [5.41, 5.74) is 1.39. The van der Waals surface area contributed by atoms with Gasteiger partial charge >= 0.3 is 0 Å². The Morgan fingerprint density at radius 2 is 2.20 bits per heavy atom. The SMILES string of the molecule is CCOc1cccc(C2C(CNC)CCCCN2C)c1. The Hall–Kier alpha value is -1.06. The van der Waals surface area contributed by atoms with E-state index in [1.54, 1.807) is 0 Å². The molecule has 2 rings (SSSR count). The number of benzene rings is 1. The topological polar surface area (TPSA) is 24.5 Å². The molecule has 0 aliphatic carbocycles. The maximum atomic E-state index is 5.66. The lowest BCUT2D eigenvalue weighted by atomic mass is 9.89. The van der Waals surface area contributed by atoms with Crippen LogP contribution in [-0.4, -0.2) is 38.7 Å². The number of nitrogens with zero attached hydrogens (tertiary/aromatic N) is 1. The molecule has 112 valence electrons. The molecule has 1 saturated heterocycles. The Morgan fingerprint density at radius 3 is 2.95 bits per heavy atom. The van der Waals surface area contributed by atoms with Gasteiger partial charge in [-0.05, 0) is 70.6 Å². The molecule has 2 unspecified atom stereocenters. The minimum Gasteiger partial charge on any atom is -0.494 e. The van der Waals surface area contributed by atoms with Crippen LogP contribution in [0.3, 0.4) is 0 Å². The molecular weight excluding hydrogens is 248 g/mol. The van der Waals surface area contributed by atoms with E-state index in [1.165, 1.54) is 31.4 Å². The maximum absolute atomic E-state index is 5.66. The van der Waals surface area contributed by atoms with Gasteiger partial charge in [-0.1, -0.05) is 18.6 Å². The zero-order valence-corrected chi connectivity index (χ0v) is 13.1.